The molecule has 1 fully saturated rings. The Hall–Kier alpha value is -4.46. The summed E-state index contributed by atoms with van der Waals surface area (Å²) >= 11 is 0. The summed E-state index contributed by atoms with van der Waals surface area (Å²) in [5.74, 6) is -0.265. The number of amides is 1. The number of nitriles is 1. The van der Waals surface area contributed by atoms with Gasteiger partial charge in [-0.15, -0.1) is 5.53 Å². The summed E-state index contributed by atoms with van der Waals surface area (Å²) in [6.45, 7) is 12.9. The van der Waals surface area contributed by atoms with E-state index in [0.717, 1.165) is 66.6 Å². The van der Waals surface area contributed by atoms with Crippen LogP contribution in [0.4, 0.5) is 17.1 Å². The van der Waals surface area contributed by atoms with Crippen LogP contribution in [0.5, 0.6) is 0 Å². The number of carbonyl (C=O) groups is 1. The van der Waals surface area contributed by atoms with E-state index >= 15 is 0 Å². The molecule has 0 spiro atoms. The highest BCUT2D eigenvalue weighted by Gasteiger charge is 2.22. The molecule has 2 aliphatic rings. The summed E-state index contributed by atoms with van der Waals surface area (Å²) in [6.07, 6.45) is 7.36. The van der Waals surface area contributed by atoms with Gasteiger partial charge < -0.3 is 20.5 Å². The molecule has 0 aliphatic carbocycles. The summed E-state index contributed by atoms with van der Waals surface area (Å²) in [4.78, 5) is 26.9. The zero-order valence-electron chi connectivity index (χ0n) is 23.4. The van der Waals surface area contributed by atoms with Crippen LogP contribution in [0.2, 0.25) is 0 Å². The van der Waals surface area contributed by atoms with Crippen LogP contribution >= 0.6 is 0 Å². The highest BCUT2D eigenvalue weighted by atomic mass is 16.1. The number of anilines is 3. The number of rotatable bonds is 7. The molecule has 5 rings (SSSR count). The van der Waals surface area contributed by atoms with Gasteiger partial charge in [-0.3, -0.25) is 19.8 Å². The van der Waals surface area contributed by atoms with Gasteiger partial charge >= 0.3 is 0 Å². The highest BCUT2D eigenvalue weighted by Crippen LogP contribution is 2.28. The lowest BCUT2D eigenvalue weighted by molar-refractivity contribution is 0.102. The van der Waals surface area contributed by atoms with Crippen molar-refractivity contribution >= 4 is 28.7 Å². The first-order valence-corrected chi connectivity index (χ1v) is 13.5. The summed E-state index contributed by atoms with van der Waals surface area (Å²) < 4.78 is 0. The Bertz CT molecular complexity index is 1470. The van der Waals surface area contributed by atoms with Gasteiger partial charge in [0.25, 0.3) is 5.91 Å². The third-order valence-electron chi connectivity index (χ3n) is 7.49. The molecule has 1 aromatic carbocycles. The summed E-state index contributed by atoms with van der Waals surface area (Å²) in [5, 5.41) is 14.3. The number of nitrogens with zero attached hydrogens (tertiary/aromatic N) is 6. The maximum atomic E-state index is 13.0. The molecule has 0 bridgehead atoms. The fraction of sp³-hybridized carbons (Fsp3) is 0.333. The zero-order valence-corrected chi connectivity index (χ0v) is 23.4. The number of carbonyl (C=O) groups excluding carboxylic acids is 1. The average Bonchev–Trinajstić information content (AvgIpc) is 3.48. The zero-order chi connectivity index (χ0) is 28.3. The van der Waals surface area contributed by atoms with Crippen LogP contribution in [0.1, 0.15) is 48.0 Å². The van der Waals surface area contributed by atoms with Gasteiger partial charge in [-0.25, -0.2) is 0 Å². The van der Waals surface area contributed by atoms with Gasteiger partial charge in [0.2, 0.25) is 0 Å². The lowest BCUT2D eigenvalue weighted by Crippen LogP contribution is -2.46. The van der Waals surface area contributed by atoms with Crippen LogP contribution < -0.4 is 26.2 Å². The van der Waals surface area contributed by atoms with E-state index in [1.54, 1.807) is 24.4 Å². The van der Waals surface area contributed by atoms with Crippen molar-refractivity contribution in [1.29, 1.82) is 5.26 Å². The van der Waals surface area contributed by atoms with E-state index < -0.39 is 5.41 Å². The van der Waals surface area contributed by atoms with Gasteiger partial charge in [-0.05, 0) is 57.1 Å². The molecule has 3 N–H and O–H groups in total. The van der Waals surface area contributed by atoms with E-state index in [2.05, 4.69) is 55.1 Å². The van der Waals surface area contributed by atoms with Crippen molar-refractivity contribution in [2.75, 3.05) is 47.9 Å². The molecular weight excluding hydrogens is 502 g/mol. The fourth-order valence-electron chi connectivity index (χ4n) is 4.81. The second kappa shape index (κ2) is 11.3. The predicted molar refractivity (Wildman–Crippen MR) is 157 cm³/mol. The second-order valence-corrected chi connectivity index (χ2v) is 10.6. The van der Waals surface area contributed by atoms with E-state index in [0.29, 0.717) is 11.3 Å². The fourth-order valence-corrected chi connectivity index (χ4v) is 4.81. The summed E-state index contributed by atoms with van der Waals surface area (Å²) in [5.41, 5.74) is 12.1. The number of aromatic nitrogens is 2. The van der Waals surface area contributed by atoms with Crippen LogP contribution in [0, 0.1) is 18.3 Å². The lowest BCUT2D eigenvalue weighted by Gasteiger charge is -2.35. The number of pyridine rings is 2. The predicted octanol–water partition coefficient (Wildman–Crippen LogP) is 3.81. The van der Waals surface area contributed by atoms with E-state index in [9.17, 15) is 10.1 Å². The SMILES string of the molecule is CCN1CCN(c2cncc(C3=CN(c4cc(NC(=O)c5cccc(C(C)(C)C#N)c5)cnc4C)NN3)c2)CC1. The average molecular weight is 538 g/mol. The number of aryl methyl sites for hydroxylation is 1. The number of hydrazine groups is 2. The molecule has 1 saturated heterocycles. The molecule has 2 aromatic heterocycles. The van der Waals surface area contributed by atoms with Gasteiger partial charge in [-0.1, -0.05) is 19.1 Å². The number of hydrogen-bond acceptors (Lipinski definition) is 9. The monoisotopic (exact) mass is 537 g/mol. The van der Waals surface area contributed by atoms with Crippen molar-refractivity contribution in [1.82, 2.24) is 25.8 Å². The first-order valence-electron chi connectivity index (χ1n) is 13.5. The van der Waals surface area contributed by atoms with Crippen molar-refractivity contribution < 1.29 is 4.79 Å². The Morgan fingerprint density at radius 1 is 1.12 bits per heavy atom. The smallest absolute Gasteiger partial charge is 0.255 e. The minimum atomic E-state index is -0.688. The maximum Gasteiger partial charge on any atom is 0.255 e. The first kappa shape index (κ1) is 27.1. The van der Waals surface area contributed by atoms with Crippen LogP contribution in [-0.4, -0.2) is 53.5 Å². The van der Waals surface area contributed by atoms with Crippen LogP contribution in [0.25, 0.3) is 5.70 Å². The molecule has 1 amide bonds. The summed E-state index contributed by atoms with van der Waals surface area (Å²) in [7, 11) is 0. The van der Waals surface area contributed by atoms with Crippen LogP contribution in [0.15, 0.2) is 61.2 Å². The molecule has 10 nitrogen and oxygen atoms in total. The van der Waals surface area contributed by atoms with Gasteiger partial charge in [0.1, 0.15) is 0 Å². The Morgan fingerprint density at radius 3 is 2.67 bits per heavy atom. The van der Waals surface area contributed by atoms with Crippen molar-refractivity contribution in [3.8, 4) is 6.07 Å². The van der Waals surface area contributed by atoms with Crippen molar-refractivity contribution in [2.24, 2.45) is 0 Å². The molecule has 10 heteroatoms. The van der Waals surface area contributed by atoms with Crippen LogP contribution in [-0.2, 0) is 5.41 Å². The molecule has 4 heterocycles. The number of likely N-dealkylation sites (N-methyl/N-ethyl adjacent to an activating group) is 1. The van der Waals surface area contributed by atoms with Gasteiger partial charge in [-0.2, -0.15) is 5.26 Å². The number of piperazine rings is 1. The molecular formula is C30H35N9O. The third-order valence-corrected chi connectivity index (χ3v) is 7.49. The van der Waals surface area contributed by atoms with E-state index in [1.807, 2.05) is 56.5 Å². The third kappa shape index (κ3) is 5.76. The van der Waals surface area contributed by atoms with E-state index in [4.69, 9.17) is 0 Å². The Balaban J connectivity index is 1.31. The van der Waals surface area contributed by atoms with Gasteiger partial charge in [0.15, 0.2) is 0 Å². The molecule has 0 radical (unpaired) electrons. The quantitative estimate of drug-likeness (QED) is 0.414. The Morgan fingerprint density at radius 2 is 1.93 bits per heavy atom. The molecule has 40 heavy (non-hydrogen) atoms. The van der Waals surface area contributed by atoms with Crippen molar-refractivity contribution in [3.05, 3.63) is 83.6 Å². The molecule has 0 atom stereocenters. The molecule has 206 valence electrons. The lowest BCUT2D eigenvalue weighted by atomic mass is 9.85. The highest BCUT2D eigenvalue weighted by molar-refractivity contribution is 6.04. The van der Waals surface area contributed by atoms with Gasteiger partial charge in [0.05, 0.1) is 52.3 Å². The number of hydrogen-bond donors (Lipinski definition) is 3. The Kier molecular flexibility index (Phi) is 7.69. The summed E-state index contributed by atoms with van der Waals surface area (Å²) in [6, 6.07) is 13.5. The van der Waals surface area contributed by atoms with Crippen molar-refractivity contribution in [2.45, 2.75) is 33.1 Å². The second-order valence-electron chi connectivity index (χ2n) is 10.6. The Labute approximate surface area is 235 Å². The molecule has 0 unspecified atom stereocenters. The topological polar surface area (TPSA) is 112 Å². The molecule has 0 saturated carbocycles. The molecule has 2 aliphatic heterocycles. The van der Waals surface area contributed by atoms with Crippen molar-refractivity contribution in [3.63, 3.8) is 0 Å². The minimum Gasteiger partial charge on any atom is -0.368 e. The molecule has 3 aromatic rings. The van der Waals surface area contributed by atoms with E-state index in [-0.39, 0.29) is 5.91 Å². The normalized spacial score (nSPS) is 15.8. The number of nitrogens with one attached hydrogen (secondary N) is 3. The van der Waals surface area contributed by atoms with Crippen LogP contribution in [0.3, 0.4) is 0 Å². The standard InChI is InChI=1S/C30H35N9O/c1-5-37-9-11-38(12-10-37)26-14-23(16-32-18-26)27-19-39(36-35-27)28-15-25(17-33-21(28)2)34-29(40)22-7-6-8-24(13-22)30(3,4)20-31/h6-8,13-19,35-36H,5,9-12H2,1-4H3,(H,34,40). The first-order chi connectivity index (χ1) is 19.3. The van der Waals surface area contributed by atoms with Gasteiger partial charge in [0, 0.05) is 49.7 Å². The maximum absolute atomic E-state index is 13.0. The minimum absolute atomic E-state index is 0.265. The van der Waals surface area contributed by atoms with E-state index in [1.165, 1.54) is 0 Å². The largest absolute Gasteiger partial charge is 0.368 e. The number of benzene rings is 1.